The molecule has 0 saturated heterocycles. The quantitative estimate of drug-likeness (QED) is 0.747. The number of rotatable bonds is 4. The summed E-state index contributed by atoms with van der Waals surface area (Å²) < 4.78 is -0.473. The molecule has 14 heavy (non-hydrogen) atoms. The van der Waals surface area contributed by atoms with Crippen LogP contribution in [0.4, 0.5) is 0 Å². The molecule has 4 heteroatoms. The van der Waals surface area contributed by atoms with E-state index >= 15 is 0 Å². The fraction of sp³-hybridized carbons (Fsp3) is 0.800. The van der Waals surface area contributed by atoms with E-state index in [0.29, 0.717) is 29.9 Å². The molecule has 1 aliphatic carbocycles. The van der Waals surface area contributed by atoms with E-state index < -0.39 is 0 Å². The fourth-order valence-corrected chi connectivity index (χ4v) is 8.06. The minimum absolute atomic E-state index is 0.237. The van der Waals surface area contributed by atoms with Gasteiger partial charge in [0.25, 0.3) is 0 Å². The van der Waals surface area contributed by atoms with E-state index in [0.717, 1.165) is 23.5 Å². The Labute approximate surface area is 98.4 Å². The third kappa shape index (κ3) is 1.62. The molecule has 1 fully saturated rings. The van der Waals surface area contributed by atoms with Crippen LogP contribution in [0.25, 0.3) is 0 Å². The van der Waals surface area contributed by atoms with E-state index in [1.807, 2.05) is 0 Å². The molecular formula is C10H14N2Se2. The van der Waals surface area contributed by atoms with E-state index in [-0.39, 0.29) is 8.63 Å². The second kappa shape index (κ2) is 4.69. The van der Waals surface area contributed by atoms with Crippen LogP contribution in [-0.4, -0.2) is 29.9 Å². The molecular weight excluding hydrogens is 306 g/mol. The van der Waals surface area contributed by atoms with Crippen LogP contribution in [0.5, 0.6) is 0 Å². The Kier molecular flexibility index (Phi) is 4.05. The van der Waals surface area contributed by atoms with Gasteiger partial charge < -0.3 is 0 Å². The van der Waals surface area contributed by atoms with Gasteiger partial charge in [-0.05, 0) is 0 Å². The third-order valence-electron chi connectivity index (χ3n) is 2.62. The minimum atomic E-state index is -0.237. The summed E-state index contributed by atoms with van der Waals surface area (Å²) >= 11 is 0.652. The van der Waals surface area contributed by atoms with Crippen molar-refractivity contribution < 1.29 is 0 Å². The molecule has 0 aliphatic heterocycles. The molecule has 1 saturated carbocycles. The van der Waals surface area contributed by atoms with Gasteiger partial charge in [-0.1, -0.05) is 0 Å². The van der Waals surface area contributed by atoms with E-state index in [4.69, 9.17) is 0 Å². The topological polar surface area (TPSA) is 47.6 Å². The normalized spacial score (nSPS) is 35.4. The van der Waals surface area contributed by atoms with Crippen LogP contribution in [0.15, 0.2) is 0 Å². The summed E-state index contributed by atoms with van der Waals surface area (Å²) in [5, 5.41) is 20.7. The Morgan fingerprint density at radius 1 is 1.00 bits per heavy atom. The van der Waals surface area contributed by atoms with Crippen molar-refractivity contribution in [2.75, 3.05) is 0 Å². The van der Waals surface area contributed by atoms with Crippen molar-refractivity contribution in [1.82, 2.24) is 0 Å². The molecule has 2 nitrogen and oxygen atoms in total. The molecule has 2 atom stereocenters. The van der Waals surface area contributed by atoms with Gasteiger partial charge in [0.15, 0.2) is 0 Å². The first kappa shape index (κ1) is 12.1. The summed E-state index contributed by atoms with van der Waals surface area (Å²) in [7, 11) is 0. The predicted octanol–water partition coefficient (Wildman–Crippen LogP) is 2.43. The maximum atomic E-state index is 9.29. The molecule has 76 valence electrons. The monoisotopic (exact) mass is 322 g/mol. The first-order valence-electron chi connectivity index (χ1n) is 4.80. The standard InChI is InChI=1S/C10H14N2Se2/c1-3-13-9(7-11)5-6-10(9,8-12)14-4-2/h3-6H2,1-2H3/t9-,10-/m1/s1. The van der Waals surface area contributed by atoms with Crippen molar-refractivity contribution in [2.45, 2.75) is 46.0 Å². The van der Waals surface area contributed by atoms with Crippen LogP contribution in [-0.2, 0) is 0 Å². The zero-order valence-electron chi connectivity index (χ0n) is 8.54. The van der Waals surface area contributed by atoms with Crippen LogP contribution >= 0.6 is 0 Å². The van der Waals surface area contributed by atoms with Crippen molar-refractivity contribution >= 4 is 29.9 Å². The van der Waals surface area contributed by atoms with Gasteiger partial charge in [0.1, 0.15) is 0 Å². The van der Waals surface area contributed by atoms with Crippen molar-refractivity contribution in [3.8, 4) is 12.1 Å². The second-order valence-electron chi connectivity index (χ2n) is 3.24. The summed E-state index contributed by atoms with van der Waals surface area (Å²) in [6.45, 7) is 4.25. The van der Waals surface area contributed by atoms with Crippen LogP contribution in [0, 0.1) is 22.7 Å². The van der Waals surface area contributed by atoms with E-state index in [1.165, 1.54) is 0 Å². The second-order valence-corrected chi connectivity index (χ2v) is 9.80. The first-order valence-corrected chi connectivity index (χ1v) is 8.94. The zero-order chi connectivity index (χ0) is 10.7. The van der Waals surface area contributed by atoms with Crippen molar-refractivity contribution in [1.29, 1.82) is 10.5 Å². The summed E-state index contributed by atoms with van der Waals surface area (Å²) in [6.07, 6.45) is 1.93. The first-order chi connectivity index (χ1) is 6.70. The van der Waals surface area contributed by atoms with Gasteiger partial charge in [0.05, 0.1) is 0 Å². The molecule has 1 aliphatic rings. The molecule has 0 spiro atoms. The predicted molar refractivity (Wildman–Crippen MR) is 58.3 cm³/mol. The number of nitrogens with zero attached hydrogens (tertiary/aromatic N) is 2. The Bertz CT molecular complexity index is 261. The van der Waals surface area contributed by atoms with Gasteiger partial charge >= 0.3 is 98.5 Å². The molecule has 0 aromatic rings. The summed E-state index contributed by atoms with van der Waals surface area (Å²) in [5.74, 6) is 0. The molecule has 0 aromatic carbocycles. The van der Waals surface area contributed by atoms with E-state index in [1.54, 1.807) is 0 Å². The summed E-state index contributed by atoms with van der Waals surface area (Å²) in [5.41, 5.74) is 0. The number of nitriles is 2. The van der Waals surface area contributed by atoms with Crippen molar-refractivity contribution in [3.63, 3.8) is 0 Å². The van der Waals surface area contributed by atoms with Crippen LogP contribution in [0.1, 0.15) is 26.7 Å². The fourth-order valence-electron chi connectivity index (χ4n) is 1.81. The Morgan fingerprint density at radius 2 is 1.36 bits per heavy atom. The third-order valence-corrected chi connectivity index (χ3v) is 9.26. The summed E-state index contributed by atoms with van der Waals surface area (Å²) in [6, 6.07) is 4.93. The van der Waals surface area contributed by atoms with Gasteiger partial charge in [-0.15, -0.1) is 0 Å². The van der Waals surface area contributed by atoms with E-state index in [2.05, 4.69) is 26.0 Å². The van der Waals surface area contributed by atoms with Crippen LogP contribution in [0.2, 0.25) is 19.3 Å². The average molecular weight is 320 g/mol. The van der Waals surface area contributed by atoms with E-state index in [9.17, 15) is 10.5 Å². The maximum absolute atomic E-state index is 9.29. The van der Waals surface area contributed by atoms with Gasteiger partial charge in [0.2, 0.25) is 0 Å². The van der Waals surface area contributed by atoms with Gasteiger partial charge in [-0.25, -0.2) is 0 Å². The number of hydrogen-bond acceptors (Lipinski definition) is 2. The molecule has 1 rings (SSSR count). The Balaban J connectivity index is 2.89. The Morgan fingerprint density at radius 3 is 1.50 bits per heavy atom. The van der Waals surface area contributed by atoms with Crippen molar-refractivity contribution in [2.24, 2.45) is 0 Å². The average Bonchev–Trinajstić information content (AvgIpc) is 2.20. The molecule has 0 amide bonds. The Hall–Kier alpha value is 0.0190. The summed E-state index contributed by atoms with van der Waals surface area (Å²) in [4.78, 5) is 0. The van der Waals surface area contributed by atoms with Gasteiger partial charge in [0, 0.05) is 0 Å². The SMILES string of the molecule is CC[Se][C@@]1(C#N)CC[C@]1(C#N)[Se]CC. The van der Waals surface area contributed by atoms with Gasteiger partial charge in [-0.3, -0.25) is 0 Å². The molecule has 0 radical (unpaired) electrons. The van der Waals surface area contributed by atoms with Crippen LogP contribution in [0.3, 0.4) is 0 Å². The molecule has 0 unspecified atom stereocenters. The van der Waals surface area contributed by atoms with Crippen LogP contribution < -0.4 is 0 Å². The molecule has 0 bridgehead atoms. The number of hydrogen-bond donors (Lipinski definition) is 0. The molecule has 0 aromatic heterocycles. The molecule has 0 N–H and O–H groups in total. The molecule has 0 heterocycles. The zero-order valence-corrected chi connectivity index (χ0v) is 12.0. The van der Waals surface area contributed by atoms with Gasteiger partial charge in [-0.2, -0.15) is 0 Å². The van der Waals surface area contributed by atoms with Crippen molar-refractivity contribution in [3.05, 3.63) is 0 Å².